The second-order valence-electron chi connectivity index (χ2n) is 3.32. The highest BCUT2D eigenvalue weighted by Crippen LogP contribution is 2.12. The Balaban J connectivity index is 2.02. The summed E-state index contributed by atoms with van der Waals surface area (Å²) in [6, 6.07) is 1.58. The molecule has 0 bridgehead atoms. The Labute approximate surface area is 82.2 Å². The molecule has 1 N–H and O–H groups in total. The molecule has 5 nitrogen and oxygen atoms in total. The van der Waals surface area contributed by atoms with E-state index in [9.17, 15) is 4.79 Å². The molecule has 1 atom stereocenters. The second kappa shape index (κ2) is 3.61. The highest BCUT2D eigenvalue weighted by Gasteiger charge is 2.29. The van der Waals surface area contributed by atoms with Gasteiger partial charge in [-0.2, -0.15) is 0 Å². The smallest absolute Gasteiger partial charge is 0.244 e. The first-order valence-corrected chi connectivity index (χ1v) is 4.56. The lowest BCUT2D eigenvalue weighted by Gasteiger charge is -2.11. The van der Waals surface area contributed by atoms with Gasteiger partial charge in [0.15, 0.2) is 0 Å². The monoisotopic (exact) mass is 192 g/mol. The van der Waals surface area contributed by atoms with E-state index >= 15 is 0 Å². The molecule has 1 aromatic heterocycles. The number of hydrogen-bond donors (Lipinski definition) is 1. The number of likely N-dealkylation sites (N-methyl/N-ethyl adjacent to an activating group) is 1. The number of rotatable bonds is 2. The van der Waals surface area contributed by atoms with Crippen LogP contribution in [0.25, 0.3) is 0 Å². The number of nitrogens with one attached hydrogen (secondary N) is 1. The van der Waals surface area contributed by atoms with Gasteiger partial charge in [-0.1, -0.05) is 0 Å². The third kappa shape index (κ3) is 1.66. The highest BCUT2D eigenvalue weighted by molar-refractivity contribution is 5.85. The van der Waals surface area contributed by atoms with Crippen LogP contribution in [0.5, 0.6) is 0 Å². The Kier molecular flexibility index (Phi) is 2.30. The Morgan fingerprint density at radius 3 is 2.79 bits per heavy atom. The molecule has 2 heterocycles. The Hall–Kier alpha value is -1.65. The van der Waals surface area contributed by atoms with E-state index in [1.165, 1.54) is 0 Å². The van der Waals surface area contributed by atoms with Gasteiger partial charge in [0.2, 0.25) is 11.9 Å². The van der Waals surface area contributed by atoms with Crippen molar-refractivity contribution in [1.29, 1.82) is 0 Å². The Morgan fingerprint density at radius 1 is 1.50 bits per heavy atom. The molecular formula is C9H12N4O. The molecule has 5 heteroatoms. The summed E-state index contributed by atoms with van der Waals surface area (Å²) in [5.41, 5.74) is 0. The number of nitrogens with zero attached hydrogens (tertiary/aromatic N) is 3. The van der Waals surface area contributed by atoms with E-state index in [2.05, 4.69) is 15.3 Å². The van der Waals surface area contributed by atoms with Crippen LogP contribution in [-0.4, -0.2) is 40.4 Å². The average molecular weight is 192 g/mol. The van der Waals surface area contributed by atoms with Crippen LogP contribution in [0.1, 0.15) is 6.42 Å². The van der Waals surface area contributed by atoms with Gasteiger partial charge < -0.3 is 10.2 Å². The van der Waals surface area contributed by atoms with Gasteiger partial charge in [-0.3, -0.25) is 4.79 Å². The molecule has 1 aromatic rings. The molecule has 1 aliphatic rings. The first-order chi connectivity index (χ1) is 6.77. The van der Waals surface area contributed by atoms with E-state index in [4.69, 9.17) is 0 Å². The van der Waals surface area contributed by atoms with E-state index in [1.807, 2.05) is 0 Å². The third-order valence-corrected chi connectivity index (χ3v) is 2.30. The summed E-state index contributed by atoms with van der Waals surface area (Å²) in [6.07, 6.45) is 4.12. The number of hydrogen-bond acceptors (Lipinski definition) is 4. The van der Waals surface area contributed by atoms with Crippen LogP contribution < -0.4 is 5.32 Å². The lowest BCUT2D eigenvalue weighted by molar-refractivity contribution is -0.127. The van der Waals surface area contributed by atoms with Crippen molar-refractivity contribution in [2.75, 3.05) is 18.9 Å². The molecule has 0 spiro atoms. The molecule has 2 rings (SSSR count). The number of likely N-dealkylation sites (tertiary alicyclic amines) is 1. The standard InChI is InChI=1S/C9H12N4O/c1-13-6-3-7(8(13)14)12-9-10-4-2-5-11-9/h2,4-5,7H,3,6H2,1H3,(H,10,11,12). The molecule has 0 aromatic carbocycles. The maximum atomic E-state index is 11.5. The van der Waals surface area contributed by atoms with Crippen molar-refractivity contribution in [3.05, 3.63) is 18.5 Å². The van der Waals surface area contributed by atoms with E-state index < -0.39 is 0 Å². The number of carbonyl (C=O) groups excluding carboxylic acids is 1. The summed E-state index contributed by atoms with van der Waals surface area (Å²) < 4.78 is 0. The van der Waals surface area contributed by atoms with Crippen molar-refractivity contribution in [2.45, 2.75) is 12.5 Å². The molecule has 14 heavy (non-hydrogen) atoms. The second-order valence-corrected chi connectivity index (χ2v) is 3.32. The fourth-order valence-corrected chi connectivity index (χ4v) is 1.49. The predicted octanol–water partition coefficient (Wildman–Crippen LogP) is 0.119. The molecule has 1 saturated heterocycles. The van der Waals surface area contributed by atoms with Crippen molar-refractivity contribution < 1.29 is 4.79 Å². The quantitative estimate of drug-likeness (QED) is 0.723. The van der Waals surface area contributed by atoms with Crippen molar-refractivity contribution in [3.63, 3.8) is 0 Å². The van der Waals surface area contributed by atoms with Crippen LogP contribution in [0.3, 0.4) is 0 Å². The van der Waals surface area contributed by atoms with Crippen molar-refractivity contribution in [1.82, 2.24) is 14.9 Å². The number of aromatic nitrogens is 2. The zero-order valence-corrected chi connectivity index (χ0v) is 7.97. The molecule has 1 amide bonds. The lowest BCUT2D eigenvalue weighted by Crippen LogP contribution is -2.31. The van der Waals surface area contributed by atoms with Crippen molar-refractivity contribution >= 4 is 11.9 Å². The number of amides is 1. The minimum atomic E-state index is -0.164. The van der Waals surface area contributed by atoms with Gasteiger partial charge in [0.1, 0.15) is 6.04 Å². The molecule has 0 radical (unpaired) electrons. The minimum absolute atomic E-state index is 0.109. The Bertz CT molecular complexity index is 327. The molecule has 1 unspecified atom stereocenters. The Morgan fingerprint density at radius 2 is 2.21 bits per heavy atom. The van der Waals surface area contributed by atoms with Crippen LogP contribution in [0.15, 0.2) is 18.5 Å². The normalized spacial score (nSPS) is 21.4. The third-order valence-electron chi connectivity index (χ3n) is 2.30. The van der Waals surface area contributed by atoms with E-state index in [0.29, 0.717) is 5.95 Å². The molecular weight excluding hydrogens is 180 g/mol. The lowest BCUT2D eigenvalue weighted by atomic mass is 10.2. The van der Waals surface area contributed by atoms with Gasteiger partial charge in [-0.05, 0) is 12.5 Å². The summed E-state index contributed by atoms with van der Waals surface area (Å²) in [5.74, 6) is 0.624. The van der Waals surface area contributed by atoms with Crippen molar-refractivity contribution in [2.24, 2.45) is 0 Å². The average Bonchev–Trinajstić information content (AvgIpc) is 2.52. The van der Waals surface area contributed by atoms with Crippen LogP contribution in [0.4, 0.5) is 5.95 Å². The van der Waals surface area contributed by atoms with E-state index in [0.717, 1.165) is 13.0 Å². The molecule has 0 aliphatic carbocycles. The molecule has 74 valence electrons. The zero-order valence-electron chi connectivity index (χ0n) is 7.97. The maximum absolute atomic E-state index is 11.5. The first kappa shape index (κ1) is 8.93. The van der Waals surface area contributed by atoms with Gasteiger partial charge in [-0.25, -0.2) is 9.97 Å². The van der Waals surface area contributed by atoms with Crippen LogP contribution in [0.2, 0.25) is 0 Å². The topological polar surface area (TPSA) is 58.1 Å². The summed E-state index contributed by atoms with van der Waals surface area (Å²) >= 11 is 0. The fraction of sp³-hybridized carbons (Fsp3) is 0.444. The molecule has 1 aliphatic heterocycles. The predicted molar refractivity (Wildman–Crippen MR) is 51.7 cm³/mol. The van der Waals surface area contributed by atoms with Gasteiger partial charge in [0, 0.05) is 26.0 Å². The van der Waals surface area contributed by atoms with Crippen LogP contribution in [0, 0.1) is 0 Å². The number of carbonyl (C=O) groups is 1. The fourth-order valence-electron chi connectivity index (χ4n) is 1.49. The summed E-state index contributed by atoms with van der Waals surface area (Å²) in [6.45, 7) is 0.795. The SMILES string of the molecule is CN1CCC(Nc2ncccn2)C1=O. The van der Waals surface area contributed by atoms with Crippen LogP contribution >= 0.6 is 0 Å². The first-order valence-electron chi connectivity index (χ1n) is 4.56. The van der Waals surface area contributed by atoms with Gasteiger partial charge in [-0.15, -0.1) is 0 Å². The number of anilines is 1. The minimum Gasteiger partial charge on any atom is -0.344 e. The van der Waals surface area contributed by atoms with E-state index in [1.54, 1.807) is 30.4 Å². The highest BCUT2D eigenvalue weighted by atomic mass is 16.2. The largest absolute Gasteiger partial charge is 0.344 e. The van der Waals surface area contributed by atoms with Gasteiger partial charge >= 0.3 is 0 Å². The summed E-state index contributed by atoms with van der Waals surface area (Å²) in [7, 11) is 1.80. The molecule has 1 fully saturated rings. The molecule has 0 saturated carbocycles. The van der Waals surface area contributed by atoms with Gasteiger partial charge in [0.25, 0.3) is 0 Å². The maximum Gasteiger partial charge on any atom is 0.244 e. The summed E-state index contributed by atoms with van der Waals surface area (Å²) in [4.78, 5) is 21.2. The van der Waals surface area contributed by atoms with E-state index in [-0.39, 0.29) is 11.9 Å². The zero-order chi connectivity index (χ0) is 9.97. The van der Waals surface area contributed by atoms with Gasteiger partial charge in [0.05, 0.1) is 0 Å². The summed E-state index contributed by atoms with van der Waals surface area (Å²) in [5, 5.41) is 3.01. The van der Waals surface area contributed by atoms with Crippen LogP contribution in [-0.2, 0) is 4.79 Å². The van der Waals surface area contributed by atoms with Crippen molar-refractivity contribution in [3.8, 4) is 0 Å².